The molecular weight excluding hydrogens is 195 g/mol. The van der Waals surface area contributed by atoms with Gasteiger partial charge in [0.2, 0.25) is 5.91 Å². The molecule has 0 aliphatic rings. The highest BCUT2D eigenvalue weighted by Crippen LogP contribution is 2.18. The van der Waals surface area contributed by atoms with Crippen molar-refractivity contribution in [3.8, 4) is 0 Å². The minimum absolute atomic E-state index is 0.183. The van der Waals surface area contributed by atoms with Gasteiger partial charge in [0.15, 0.2) is 0 Å². The number of nitrogens with one attached hydrogen (secondary N) is 2. The van der Waals surface area contributed by atoms with Crippen molar-refractivity contribution in [3.63, 3.8) is 0 Å². The van der Waals surface area contributed by atoms with E-state index in [-0.39, 0.29) is 11.6 Å². The van der Waals surface area contributed by atoms with Gasteiger partial charge in [-0.2, -0.15) is 0 Å². The first-order valence-electron chi connectivity index (χ1n) is 4.84. The molecule has 1 amide bonds. The topological polar surface area (TPSA) is 41.1 Å². The standard InChI is InChI=1S/C11H15FN2O/c1-8-4-3-5-9(12)11(8)14-10(15)6-7-13-2/h3-5,13H,6-7H2,1-2H3,(H,14,15). The van der Waals surface area contributed by atoms with Gasteiger partial charge >= 0.3 is 0 Å². The summed E-state index contributed by atoms with van der Waals surface area (Å²) in [6, 6.07) is 4.71. The van der Waals surface area contributed by atoms with Crippen molar-refractivity contribution in [3.05, 3.63) is 29.6 Å². The van der Waals surface area contributed by atoms with E-state index < -0.39 is 5.82 Å². The Labute approximate surface area is 88.7 Å². The van der Waals surface area contributed by atoms with E-state index in [1.165, 1.54) is 6.07 Å². The summed E-state index contributed by atoms with van der Waals surface area (Å²) in [5, 5.41) is 5.42. The van der Waals surface area contributed by atoms with Crippen LogP contribution in [0.15, 0.2) is 18.2 Å². The molecule has 15 heavy (non-hydrogen) atoms. The predicted octanol–water partition coefficient (Wildman–Crippen LogP) is 1.68. The van der Waals surface area contributed by atoms with Gasteiger partial charge in [-0.3, -0.25) is 4.79 Å². The average molecular weight is 210 g/mol. The number of rotatable bonds is 4. The van der Waals surface area contributed by atoms with Gasteiger partial charge in [-0.25, -0.2) is 4.39 Å². The number of hydrogen-bond acceptors (Lipinski definition) is 2. The summed E-state index contributed by atoms with van der Waals surface area (Å²) in [6.45, 7) is 2.34. The third-order valence-corrected chi connectivity index (χ3v) is 2.09. The second kappa shape index (κ2) is 5.46. The first-order valence-corrected chi connectivity index (χ1v) is 4.84. The molecule has 0 saturated heterocycles. The van der Waals surface area contributed by atoms with Crippen LogP contribution in [-0.4, -0.2) is 19.5 Å². The van der Waals surface area contributed by atoms with Crippen LogP contribution in [0.1, 0.15) is 12.0 Å². The van der Waals surface area contributed by atoms with E-state index >= 15 is 0 Å². The van der Waals surface area contributed by atoms with Gasteiger partial charge in [0, 0.05) is 13.0 Å². The molecule has 0 spiro atoms. The lowest BCUT2D eigenvalue weighted by Crippen LogP contribution is -2.19. The molecular formula is C11H15FN2O. The number of para-hydroxylation sites is 1. The first-order chi connectivity index (χ1) is 7.15. The minimum Gasteiger partial charge on any atom is -0.323 e. The molecule has 0 fully saturated rings. The number of carbonyl (C=O) groups excluding carboxylic acids is 1. The van der Waals surface area contributed by atoms with Crippen molar-refractivity contribution in [2.75, 3.05) is 18.9 Å². The van der Waals surface area contributed by atoms with Crippen molar-refractivity contribution in [2.24, 2.45) is 0 Å². The molecule has 0 aromatic heterocycles. The SMILES string of the molecule is CNCCC(=O)Nc1c(C)cccc1F. The quantitative estimate of drug-likeness (QED) is 0.794. The molecule has 0 bridgehead atoms. The molecule has 0 aliphatic carbocycles. The van der Waals surface area contributed by atoms with Gasteiger partial charge in [0.25, 0.3) is 0 Å². The van der Waals surface area contributed by atoms with Gasteiger partial charge in [-0.05, 0) is 25.6 Å². The second-order valence-electron chi connectivity index (χ2n) is 3.33. The number of amides is 1. The molecule has 0 saturated carbocycles. The zero-order valence-corrected chi connectivity index (χ0v) is 8.93. The van der Waals surface area contributed by atoms with Crippen LogP contribution in [0.4, 0.5) is 10.1 Å². The Morgan fingerprint density at radius 1 is 1.47 bits per heavy atom. The lowest BCUT2D eigenvalue weighted by molar-refractivity contribution is -0.116. The number of benzene rings is 1. The lowest BCUT2D eigenvalue weighted by Gasteiger charge is -2.08. The van der Waals surface area contributed by atoms with Crippen molar-refractivity contribution in [2.45, 2.75) is 13.3 Å². The van der Waals surface area contributed by atoms with E-state index in [1.54, 1.807) is 26.1 Å². The molecule has 1 rings (SSSR count). The molecule has 3 nitrogen and oxygen atoms in total. The zero-order valence-electron chi connectivity index (χ0n) is 8.93. The molecule has 1 aromatic rings. The Kier molecular flexibility index (Phi) is 4.24. The molecule has 82 valence electrons. The monoisotopic (exact) mass is 210 g/mol. The summed E-state index contributed by atoms with van der Waals surface area (Å²) >= 11 is 0. The summed E-state index contributed by atoms with van der Waals surface area (Å²) in [5.41, 5.74) is 1.01. The maximum atomic E-state index is 13.3. The number of anilines is 1. The third kappa shape index (κ3) is 3.32. The maximum Gasteiger partial charge on any atom is 0.225 e. The molecule has 0 radical (unpaired) electrons. The Hall–Kier alpha value is -1.42. The molecule has 0 unspecified atom stereocenters. The largest absolute Gasteiger partial charge is 0.323 e. The van der Waals surface area contributed by atoms with Crippen LogP contribution < -0.4 is 10.6 Å². The Bertz CT molecular complexity index is 332. The van der Waals surface area contributed by atoms with E-state index in [2.05, 4.69) is 10.6 Å². The van der Waals surface area contributed by atoms with Crippen molar-refractivity contribution in [1.29, 1.82) is 0 Å². The first kappa shape index (κ1) is 11.7. The van der Waals surface area contributed by atoms with Crippen LogP contribution in [0, 0.1) is 12.7 Å². The molecule has 4 heteroatoms. The van der Waals surface area contributed by atoms with Crippen molar-refractivity contribution >= 4 is 11.6 Å². The lowest BCUT2D eigenvalue weighted by atomic mass is 10.2. The zero-order chi connectivity index (χ0) is 11.3. The summed E-state index contributed by atoms with van der Waals surface area (Å²) in [6.07, 6.45) is 0.338. The van der Waals surface area contributed by atoms with Crippen molar-refractivity contribution < 1.29 is 9.18 Å². The molecule has 1 aromatic carbocycles. The number of halogens is 1. The fraction of sp³-hybridized carbons (Fsp3) is 0.364. The smallest absolute Gasteiger partial charge is 0.225 e. The van der Waals surface area contributed by atoms with E-state index in [0.717, 1.165) is 5.56 Å². The number of aryl methyl sites for hydroxylation is 1. The van der Waals surface area contributed by atoms with Crippen LogP contribution in [-0.2, 0) is 4.79 Å². The van der Waals surface area contributed by atoms with Gasteiger partial charge in [-0.1, -0.05) is 12.1 Å². The van der Waals surface area contributed by atoms with Gasteiger partial charge < -0.3 is 10.6 Å². The number of hydrogen-bond donors (Lipinski definition) is 2. The number of carbonyl (C=O) groups is 1. The molecule has 0 aliphatic heterocycles. The van der Waals surface area contributed by atoms with Gasteiger partial charge in [0.1, 0.15) is 5.82 Å². The van der Waals surface area contributed by atoms with Crippen LogP contribution >= 0.6 is 0 Å². The molecule has 0 atom stereocenters. The normalized spacial score (nSPS) is 10.1. The Morgan fingerprint density at radius 2 is 2.20 bits per heavy atom. The van der Waals surface area contributed by atoms with Crippen molar-refractivity contribution in [1.82, 2.24) is 5.32 Å². The molecule has 0 heterocycles. The summed E-state index contributed by atoms with van der Waals surface area (Å²) < 4.78 is 13.3. The van der Waals surface area contributed by atoms with E-state index in [1.807, 2.05) is 0 Å². The third-order valence-electron chi connectivity index (χ3n) is 2.09. The highest BCUT2D eigenvalue weighted by atomic mass is 19.1. The Balaban J connectivity index is 2.68. The maximum absolute atomic E-state index is 13.3. The van der Waals surface area contributed by atoms with Crippen LogP contribution in [0.2, 0.25) is 0 Å². The minimum atomic E-state index is -0.396. The average Bonchev–Trinajstić information content (AvgIpc) is 2.21. The van der Waals surface area contributed by atoms with E-state index in [9.17, 15) is 9.18 Å². The van der Waals surface area contributed by atoms with Crippen LogP contribution in [0.5, 0.6) is 0 Å². The second-order valence-corrected chi connectivity index (χ2v) is 3.33. The van der Waals surface area contributed by atoms with Gasteiger partial charge in [0.05, 0.1) is 5.69 Å². The highest BCUT2D eigenvalue weighted by Gasteiger charge is 2.08. The fourth-order valence-electron chi connectivity index (χ4n) is 1.23. The predicted molar refractivity (Wildman–Crippen MR) is 58.3 cm³/mol. The van der Waals surface area contributed by atoms with Crippen LogP contribution in [0.3, 0.4) is 0 Å². The Morgan fingerprint density at radius 3 is 2.80 bits per heavy atom. The summed E-state index contributed by atoms with van der Waals surface area (Å²) in [4.78, 5) is 11.4. The van der Waals surface area contributed by atoms with Gasteiger partial charge in [-0.15, -0.1) is 0 Å². The van der Waals surface area contributed by atoms with Crippen LogP contribution in [0.25, 0.3) is 0 Å². The summed E-state index contributed by atoms with van der Waals surface area (Å²) in [5.74, 6) is -0.578. The van der Waals surface area contributed by atoms with E-state index in [4.69, 9.17) is 0 Å². The fourth-order valence-corrected chi connectivity index (χ4v) is 1.23. The van der Waals surface area contributed by atoms with E-state index in [0.29, 0.717) is 13.0 Å². The summed E-state index contributed by atoms with van der Waals surface area (Å²) in [7, 11) is 1.77. The highest BCUT2D eigenvalue weighted by molar-refractivity contribution is 5.91. The molecule has 2 N–H and O–H groups in total.